The van der Waals surface area contributed by atoms with Gasteiger partial charge in [-0.2, -0.15) is 0 Å². The highest BCUT2D eigenvalue weighted by molar-refractivity contribution is 6.40. The van der Waals surface area contributed by atoms with E-state index in [4.69, 9.17) is 4.74 Å². The zero-order valence-electron chi connectivity index (χ0n) is 11.8. The Labute approximate surface area is 117 Å². The van der Waals surface area contributed by atoms with Crippen LogP contribution in [-0.2, 0) is 9.53 Å². The SMILES string of the molecule is CCOC(=O)C(=O)c1ccc2cc(N(C)C)ccc2c1. The van der Waals surface area contributed by atoms with Crippen molar-refractivity contribution in [3.8, 4) is 0 Å². The van der Waals surface area contributed by atoms with Crippen molar-refractivity contribution in [1.82, 2.24) is 0 Å². The molecule has 0 atom stereocenters. The van der Waals surface area contributed by atoms with Crippen LogP contribution < -0.4 is 4.90 Å². The minimum Gasteiger partial charge on any atom is -0.460 e. The van der Waals surface area contributed by atoms with E-state index in [-0.39, 0.29) is 6.61 Å². The summed E-state index contributed by atoms with van der Waals surface area (Å²) in [5, 5.41) is 1.95. The number of benzene rings is 2. The number of hydrogen-bond donors (Lipinski definition) is 0. The average Bonchev–Trinajstić information content (AvgIpc) is 2.45. The van der Waals surface area contributed by atoms with E-state index in [9.17, 15) is 9.59 Å². The van der Waals surface area contributed by atoms with Crippen molar-refractivity contribution in [3.05, 3.63) is 42.0 Å². The quantitative estimate of drug-likeness (QED) is 0.487. The number of ketones is 1. The molecule has 2 rings (SSSR count). The summed E-state index contributed by atoms with van der Waals surface area (Å²) >= 11 is 0. The molecule has 0 aliphatic rings. The maximum atomic E-state index is 11.9. The molecule has 104 valence electrons. The van der Waals surface area contributed by atoms with Crippen LogP contribution in [0.3, 0.4) is 0 Å². The molecule has 0 heterocycles. The Morgan fingerprint density at radius 2 is 1.70 bits per heavy atom. The molecule has 0 saturated carbocycles. The Hall–Kier alpha value is -2.36. The first-order chi connectivity index (χ1) is 9.52. The van der Waals surface area contributed by atoms with Crippen LogP contribution in [0, 0.1) is 0 Å². The van der Waals surface area contributed by atoms with Crippen LogP contribution in [-0.4, -0.2) is 32.5 Å². The van der Waals surface area contributed by atoms with Gasteiger partial charge in [-0.05, 0) is 35.9 Å². The summed E-state index contributed by atoms with van der Waals surface area (Å²) in [5.41, 5.74) is 1.44. The van der Waals surface area contributed by atoms with Crippen molar-refractivity contribution < 1.29 is 14.3 Å². The van der Waals surface area contributed by atoms with Gasteiger partial charge in [0.25, 0.3) is 5.78 Å². The molecule has 4 nitrogen and oxygen atoms in total. The average molecular weight is 271 g/mol. The van der Waals surface area contributed by atoms with Crippen molar-refractivity contribution >= 4 is 28.2 Å². The first-order valence-electron chi connectivity index (χ1n) is 6.45. The fourth-order valence-electron chi connectivity index (χ4n) is 1.97. The molecule has 2 aromatic rings. The normalized spacial score (nSPS) is 10.3. The number of hydrogen-bond acceptors (Lipinski definition) is 4. The van der Waals surface area contributed by atoms with Gasteiger partial charge in [0.15, 0.2) is 0 Å². The van der Waals surface area contributed by atoms with E-state index in [1.54, 1.807) is 19.1 Å². The van der Waals surface area contributed by atoms with Crippen LogP contribution in [0.5, 0.6) is 0 Å². The first-order valence-corrected chi connectivity index (χ1v) is 6.45. The number of esters is 1. The summed E-state index contributed by atoms with van der Waals surface area (Å²) in [6.07, 6.45) is 0. The lowest BCUT2D eigenvalue weighted by Gasteiger charge is -2.13. The summed E-state index contributed by atoms with van der Waals surface area (Å²) in [6.45, 7) is 1.87. The Morgan fingerprint density at radius 3 is 2.35 bits per heavy atom. The van der Waals surface area contributed by atoms with Crippen LogP contribution in [0.25, 0.3) is 10.8 Å². The second kappa shape index (κ2) is 5.74. The second-order valence-corrected chi connectivity index (χ2v) is 4.69. The third kappa shape index (κ3) is 2.79. The highest BCUT2D eigenvalue weighted by Crippen LogP contribution is 2.22. The van der Waals surface area contributed by atoms with E-state index in [0.29, 0.717) is 5.56 Å². The first kappa shape index (κ1) is 14.1. The number of Topliss-reactive ketones (excluding diaryl/α,β-unsaturated/α-hetero) is 1. The maximum absolute atomic E-state index is 11.9. The molecule has 0 fully saturated rings. The zero-order valence-corrected chi connectivity index (χ0v) is 11.8. The summed E-state index contributed by atoms with van der Waals surface area (Å²) in [7, 11) is 3.94. The van der Waals surface area contributed by atoms with Crippen LogP contribution in [0.15, 0.2) is 36.4 Å². The summed E-state index contributed by atoms with van der Waals surface area (Å²) in [4.78, 5) is 25.3. The van der Waals surface area contributed by atoms with Gasteiger partial charge in [0.2, 0.25) is 0 Å². The molecule has 0 spiro atoms. The van der Waals surface area contributed by atoms with Crippen molar-refractivity contribution in [2.75, 3.05) is 25.6 Å². The predicted octanol–water partition coefficient (Wildman–Crippen LogP) is 2.65. The molecule has 20 heavy (non-hydrogen) atoms. The standard InChI is InChI=1S/C16H17NO3/c1-4-20-16(19)15(18)13-6-5-12-10-14(17(2)3)8-7-11(12)9-13/h5-10H,4H2,1-3H3. The molecular formula is C16H17NO3. The molecule has 0 aliphatic carbocycles. The molecule has 0 aliphatic heterocycles. The highest BCUT2D eigenvalue weighted by Gasteiger charge is 2.17. The number of carbonyl (C=O) groups excluding carboxylic acids is 2. The van der Waals surface area contributed by atoms with E-state index < -0.39 is 11.8 Å². The van der Waals surface area contributed by atoms with Gasteiger partial charge in [0.1, 0.15) is 0 Å². The van der Waals surface area contributed by atoms with Gasteiger partial charge in [-0.3, -0.25) is 4.79 Å². The lowest BCUT2D eigenvalue weighted by molar-refractivity contribution is -0.137. The molecule has 4 heteroatoms. The Bertz CT molecular complexity index is 662. The van der Waals surface area contributed by atoms with Gasteiger partial charge >= 0.3 is 5.97 Å². The van der Waals surface area contributed by atoms with Gasteiger partial charge in [0, 0.05) is 25.3 Å². The molecule has 0 N–H and O–H groups in total. The van der Waals surface area contributed by atoms with Gasteiger partial charge in [-0.1, -0.05) is 18.2 Å². The molecule has 0 bridgehead atoms. The molecule has 0 saturated heterocycles. The van der Waals surface area contributed by atoms with E-state index in [2.05, 4.69) is 0 Å². The summed E-state index contributed by atoms with van der Waals surface area (Å²) in [6, 6.07) is 11.2. The van der Waals surface area contributed by atoms with E-state index in [1.807, 2.05) is 43.3 Å². The van der Waals surface area contributed by atoms with E-state index in [1.165, 1.54) is 0 Å². The van der Waals surface area contributed by atoms with Crippen molar-refractivity contribution in [2.45, 2.75) is 6.92 Å². The maximum Gasteiger partial charge on any atom is 0.379 e. The van der Waals surface area contributed by atoms with Crippen molar-refractivity contribution in [1.29, 1.82) is 0 Å². The third-order valence-corrected chi connectivity index (χ3v) is 3.06. The van der Waals surface area contributed by atoms with Crippen LogP contribution in [0.2, 0.25) is 0 Å². The molecule has 0 aromatic heterocycles. The fourth-order valence-corrected chi connectivity index (χ4v) is 1.97. The van der Waals surface area contributed by atoms with E-state index >= 15 is 0 Å². The Balaban J connectivity index is 2.37. The minimum absolute atomic E-state index is 0.199. The van der Waals surface area contributed by atoms with Crippen molar-refractivity contribution in [3.63, 3.8) is 0 Å². The van der Waals surface area contributed by atoms with E-state index in [0.717, 1.165) is 16.5 Å². The number of nitrogens with zero attached hydrogens (tertiary/aromatic N) is 1. The molecule has 2 aromatic carbocycles. The lowest BCUT2D eigenvalue weighted by Crippen LogP contribution is -2.17. The molecule has 0 radical (unpaired) electrons. The Morgan fingerprint density at radius 1 is 1.05 bits per heavy atom. The van der Waals surface area contributed by atoms with Crippen molar-refractivity contribution in [2.24, 2.45) is 0 Å². The van der Waals surface area contributed by atoms with Gasteiger partial charge in [-0.25, -0.2) is 4.79 Å². The monoisotopic (exact) mass is 271 g/mol. The van der Waals surface area contributed by atoms with Crippen LogP contribution in [0.1, 0.15) is 17.3 Å². The Kier molecular flexibility index (Phi) is 4.03. The van der Waals surface area contributed by atoms with Crippen LogP contribution >= 0.6 is 0 Å². The number of carbonyl (C=O) groups is 2. The number of rotatable bonds is 4. The molecule has 0 unspecified atom stereocenters. The van der Waals surface area contributed by atoms with Crippen LogP contribution in [0.4, 0.5) is 5.69 Å². The third-order valence-electron chi connectivity index (χ3n) is 3.06. The summed E-state index contributed by atoms with van der Waals surface area (Å²) < 4.78 is 4.73. The lowest BCUT2D eigenvalue weighted by atomic mass is 10.0. The smallest absolute Gasteiger partial charge is 0.379 e. The molecule has 0 amide bonds. The highest BCUT2D eigenvalue weighted by atomic mass is 16.5. The van der Waals surface area contributed by atoms with Gasteiger partial charge < -0.3 is 9.64 Å². The largest absolute Gasteiger partial charge is 0.460 e. The summed E-state index contributed by atoms with van der Waals surface area (Å²) in [5.74, 6) is -1.41. The number of ether oxygens (including phenoxy) is 1. The zero-order chi connectivity index (χ0) is 14.7. The fraction of sp³-hybridized carbons (Fsp3) is 0.250. The topological polar surface area (TPSA) is 46.6 Å². The van der Waals surface area contributed by atoms with Gasteiger partial charge in [-0.15, -0.1) is 0 Å². The second-order valence-electron chi connectivity index (χ2n) is 4.69. The number of fused-ring (bicyclic) bond motifs is 1. The minimum atomic E-state index is -0.809. The predicted molar refractivity (Wildman–Crippen MR) is 79.2 cm³/mol. The van der Waals surface area contributed by atoms with Gasteiger partial charge in [0.05, 0.1) is 6.61 Å². The molecular weight excluding hydrogens is 254 g/mol. The number of anilines is 1.